The number of Topliss-reactive ketones (excluding diaryl/α,β-unsaturated/α-hetero) is 1. The molecule has 0 spiro atoms. The summed E-state index contributed by atoms with van der Waals surface area (Å²) < 4.78 is 52.0. The molecular formula is C15H10F4O. The zero-order valence-electron chi connectivity index (χ0n) is 10.5. The fourth-order valence-electron chi connectivity index (χ4n) is 1.82. The molecule has 104 valence electrons. The third-order valence-electron chi connectivity index (χ3n) is 2.97. The molecule has 2 aromatic carbocycles. The van der Waals surface area contributed by atoms with Crippen LogP contribution in [-0.2, 0) is 6.42 Å². The Kier molecular flexibility index (Phi) is 3.88. The van der Waals surface area contributed by atoms with Crippen LogP contribution < -0.4 is 0 Å². The molecule has 0 aliphatic heterocycles. The molecule has 0 aliphatic carbocycles. The summed E-state index contributed by atoms with van der Waals surface area (Å²) in [6, 6.07) is 5.21. The minimum Gasteiger partial charge on any atom is -0.294 e. The van der Waals surface area contributed by atoms with Crippen LogP contribution in [0.25, 0.3) is 0 Å². The summed E-state index contributed by atoms with van der Waals surface area (Å²) in [5, 5.41) is 0. The van der Waals surface area contributed by atoms with Crippen molar-refractivity contribution in [3.05, 3.63) is 70.3 Å². The van der Waals surface area contributed by atoms with Gasteiger partial charge < -0.3 is 0 Å². The van der Waals surface area contributed by atoms with E-state index in [2.05, 4.69) is 0 Å². The topological polar surface area (TPSA) is 17.1 Å². The van der Waals surface area contributed by atoms with Gasteiger partial charge in [-0.25, -0.2) is 17.6 Å². The quantitative estimate of drug-likeness (QED) is 0.473. The van der Waals surface area contributed by atoms with E-state index in [1.165, 1.54) is 18.2 Å². The molecule has 0 bridgehead atoms. The summed E-state index contributed by atoms with van der Waals surface area (Å²) in [6.45, 7) is 1.69. The Morgan fingerprint density at radius 1 is 1.00 bits per heavy atom. The van der Waals surface area contributed by atoms with Gasteiger partial charge >= 0.3 is 0 Å². The highest BCUT2D eigenvalue weighted by molar-refractivity contribution is 5.97. The van der Waals surface area contributed by atoms with Gasteiger partial charge in [-0.15, -0.1) is 0 Å². The Labute approximate surface area is 112 Å². The second-order valence-electron chi connectivity index (χ2n) is 4.42. The zero-order valence-corrected chi connectivity index (χ0v) is 10.5. The van der Waals surface area contributed by atoms with E-state index in [-0.39, 0.29) is 12.0 Å². The second kappa shape index (κ2) is 5.45. The molecule has 0 saturated carbocycles. The summed E-state index contributed by atoms with van der Waals surface area (Å²) in [4.78, 5) is 11.9. The summed E-state index contributed by atoms with van der Waals surface area (Å²) in [7, 11) is 0. The van der Waals surface area contributed by atoms with Crippen LogP contribution in [0, 0.1) is 30.2 Å². The van der Waals surface area contributed by atoms with Gasteiger partial charge in [-0.1, -0.05) is 6.07 Å². The number of hydrogen-bond donors (Lipinski definition) is 0. The first-order chi connectivity index (χ1) is 9.38. The Hall–Kier alpha value is -2.17. The van der Waals surface area contributed by atoms with Crippen molar-refractivity contribution in [2.75, 3.05) is 0 Å². The van der Waals surface area contributed by atoms with Crippen LogP contribution in [-0.4, -0.2) is 5.78 Å². The number of carbonyl (C=O) groups excluding carboxylic acids is 1. The Morgan fingerprint density at radius 3 is 2.20 bits per heavy atom. The van der Waals surface area contributed by atoms with E-state index in [0.717, 1.165) is 0 Å². The van der Waals surface area contributed by atoms with Gasteiger partial charge in [0.25, 0.3) is 0 Å². The minimum atomic E-state index is -1.62. The first-order valence-corrected chi connectivity index (χ1v) is 5.81. The molecule has 0 heterocycles. The van der Waals surface area contributed by atoms with Crippen molar-refractivity contribution in [3.63, 3.8) is 0 Å². The molecule has 2 aromatic rings. The van der Waals surface area contributed by atoms with E-state index in [1.54, 1.807) is 6.92 Å². The van der Waals surface area contributed by atoms with E-state index in [0.29, 0.717) is 23.3 Å². The Bertz CT molecular complexity index is 657. The molecule has 0 amide bonds. The lowest BCUT2D eigenvalue weighted by atomic mass is 9.99. The molecule has 0 atom stereocenters. The van der Waals surface area contributed by atoms with Crippen molar-refractivity contribution < 1.29 is 22.4 Å². The van der Waals surface area contributed by atoms with Gasteiger partial charge in [0.15, 0.2) is 23.2 Å². The number of hydrogen-bond acceptors (Lipinski definition) is 1. The molecule has 0 saturated heterocycles. The standard InChI is InChI=1S/C15H10F4O/c1-8-2-3-11(16)4-9(8)7-14(20)10-5-12(17)15(19)13(18)6-10/h2-6H,7H2,1H3. The maximum atomic E-state index is 13.1. The normalized spacial score (nSPS) is 10.7. The van der Waals surface area contributed by atoms with Crippen LogP contribution in [0.3, 0.4) is 0 Å². The van der Waals surface area contributed by atoms with Crippen LogP contribution in [0.5, 0.6) is 0 Å². The third-order valence-corrected chi connectivity index (χ3v) is 2.97. The van der Waals surface area contributed by atoms with Crippen molar-refractivity contribution in [1.29, 1.82) is 0 Å². The second-order valence-corrected chi connectivity index (χ2v) is 4.42. The van der Waals surface area contributed by atoms with Crippen molar-refractivity contribution in [1.82, 2.24) is 0 Å². The fourth-order valence-corrected chi connectivity index (χ4v) is 1.82. The smallest absolute Gasteiger partial charge is 0.194 e. The monoisotopic (exact) mass is 282 g/mol. The minimum absolute atomic E-state index is 0.214. The molecule has 0 radical (unpaired) electrons. The number of carbonyl (C=O) groups is 1. The summed E-state index contributed by atoms with van der Waals surface area (Å²) in [5.41, 5.74) is 0.813. The number of halogens is 4. The largest absolute Gasteiger partial charge is 0.294 e. The van der Waals surface area contributed by atoms with Gasteiger partial charge in [-0.05, 0) is 42.3 Å². The first-order valence-electron chi connectivity index (χ1n) is 5.81. The third kappa shape index (κ3) is 2.87. The maximum absolute atomic E-state index is 13.1. The predicted octanol–water partition coefficient (Wildman–Crippen LogP) is 3.98. The van der Waals surface area contributed by atoms with E-state index in [9.17, 15) is 22.4 Å². The van der Waals surface area contributed by atoms with Gasteiger partial charge in [0.2, 0.25) is 0 Å². The molecule has 20 heavy (non-hydrogen) atoms. The highest BCUT2D eigenvalue weighted by Gasteiger charge is 2.16. The predicted molar refractivity (Wildman–Crippen MR) is 65.5 cm³/mol. The van der Waals surface area contributed by atoms with Crippen molar-refractivity contribution in [2.24, 2.45) is 0 Å². The van der Waals surface area contributed by atoms with E-state index in [4.69, 9.17) is 0 Å². The van der Waals surface area contributed by atoms with Gasteiger partial charge in [-0.2, -0.15) is 0 Å². The SMILES string of the molecule is Cc1ccc(F)cc1CC(=O)c1cc(F)c(F)c(F)c1. The molecule has 0 N–H and O–H groups in total. The molecule has 0 aromatic heterocycles. The Balaban J connectivity index is 2.31. The van der Waals surface area contributed by atoms with Crippen LogP contribution in [0.4, 0.5) is 17.6 Å². The van der Waals surface area contributed by atoms with E-state index in [1.807, 2.05) is 0 Å². The first kappa shape index (κ1) is 14.2. The van der Waals surface area contributed by atoms with E-state index >= 15 is 0 Å². The average Bonchev–Trinajstić information content (AvgIpc) is 2.39. The van der Waals surface area contributed by atoms with Gasteiger partial charge in [0.1, 0.15) is 5.82 Å². The molecular weight excluding hydrogens is 272 g/mol. The summed E-state index contributed by atoms with van der Waals surface area (Å²) in [6.07, 6.45) is -0.214. The zero-order chi connectivity index (χ0) is 14.9. The lowest BCUT2D eigenvalue weighted by Crippen LogP contribution is -2.07. The lowest BCUT2D eigenvalue weighted by molar-refractivity contribution is 0.0991. The Morgan fingerprint density at radius 2 is 1.60 bits per heavy atom. The molecule has 1 nitrogen and oxygen atoms in total. The fraction of sp³-hybridized carbons (Fsp3) is 0.133. The van der Waals surface area contributed by atoms with Crippen LogP contribution in [0.15, 0.2) is 30.3 Å². The van der Waals surface area contributed by atoms with Gasteiger partial charge in [0, 0.05) is 12.0 Å². The number of aryl methyl sites for hydroxylation is 1. The summed E-state index contributed by atoms with van der Waals surface area (Å²) >= 11 is 0. The molecule has 2 rings (SSSR count). The van der Waals surface area contributed by atoms with Gasteiger partial charge in [0.05, 0.1) is 0 Å². The van der Waals surface area contributed by atoms with Gasteiger partial charge in [-0.3, -0.25) is 4.79 Å². The lowest BCUT2D eigenvalue weighted by Gasteiger charge is -2.06. The van der Waals surface area contributed by atoms with Crippen molar-refractivity contribution >= 4 is 5.78 Å². The number of ketones is 1. The highest BCUT2D eigenvalue weighted by Crippen LogP contribution is 2.17. The van der Waals surface area contributed by atoms with Crippen molar-refractivity contribution in [3.8, 4) is 0 Å². The summed E-state index contributed by atoms with van der Waals surface area (Å²) in [5.74, 6) is -5.59. The van der Waals surface area contributed by atoms with Crippen LogP contribution in [0.1, 0.15) is 21.5 Å². The average molecular weight is 282 g/mol. The molecule has 5 heteroatoms. The molecule has 0 fully saturated rings. The van der Waals surface area contributed by atoms with Crippen LogP contribution >= 0.6 is 0 Å². The van der Waals surface area contributed by atoms with Crippen LogP contribution in [0.2, 0.25) is 0 Å². The number of rotatable bonds is 3. The molecule has 0 unspecified atom stereocenters. The molecule has 0 aliphatic rings. The maximum Gasteiger partial charge on any atom is 0.194 e. The van der Waals surface area contributed by atoms with E-state index < -0.39 is 29.1 Å². The highest BCUT2D eigenvalue weighted by atomic mass is 19.2. The number of benzene rings is 2. The van der Waals surface area contributed by atoms with Crippen molar-refractivity contribution in [2.45, 2.75) is 13.3 Å².